The predicted octanol–water partition coefficient (Wildman–Crippen LogP) is 3.87. The number of aryl methyl sites for hydroxylation is 1. The molecule has 0 aliphatic carbocycles. The molecule has 2 aromatic rings. The zero-order valence-corrected chi connectivity index (χ0v) is 21.6. The van der Waals surface area contributed by atoms with Gasteiger partial charge < -0.3 is 10.2 Å². The smallest absolute Gasteiger partial charge is 0.242 e. The van der Waals surface area contributed by atoms with Gasteiger partial charge in [-0.25, -0.2) is 8.42 Å². The minimum absolute atomic E-state index is 0.0149. The highest BCUT2D eigenvalue weighted by Gasteiger charge is 2.27. The molecule has 2 rings (SSSR count). The zero-order chi connectivity index (χ0) is 25.3. The van der Waals surface area contributed by atoms with Gasteiger partial charge in [0.15, 0.2) is 0 Å². The van der Waals surface area contributed by atoms with Crippen LogP contribution in [-0.4, -0.2) is 50.0 Å². The minimum Gasteiger partial charge on any atom is -0.352 e. The molecule has 0 heterocycles. The maximum absolute atomic E-state index is 13.3. The lowest BCUT2D eigenvalue weighted by Crippen LogP contribution is -2.49. The van der Waals surface area contributed by atoms with Crippen LogP contribution in [-0.2, 0) is 26.2 Å². The number of carbonyl (C=O) groups is 2. The van der Waals surface area contributed by atoms with Crippen LogP contribution < -0.4 is 9.62 Å². The van der Waals surface area contributed by atoms with E-state index < -0.39 is 16.1 Å². The summed E-state index contributed by atoms with van der Waals surface area (Å²) in [5.74, 6) is -0.384. The molecule has 0 saturated heterocycles. The summed E-state index contributed by atoms with van der Waals surface area (Å²) in [5, 5.41) is 2.95. The normalized spacial score (nSPS) is 13.1. The van der Waals surface area contributed by atoms with Crippen LogP contribution in [0.1, 0.15) is 51.2 Å². The third-order valence-corrected chi connectivity index (χ3v) is 7.08. The first kappa shape index (κ1) is 27.4. The quantitative estimate of drug-likeness (QED) is 0.492. The topological polar surface area (TPSA) is 86.8 Å². The van der Waals surface area contributed by atoms with E-state index in [4.69, 9.17) is 0 Å². The molecule has 0 radical (unpaired) electrons. The molecule has 0 saturated carbocycles. The van der Waals surface area contributed by atoms with Crippen LogP contribution in [0.25, 0.3) is 0 Å². The van der Waals surface area contributed by atoms with E-state index in [9.17, 15) is 18.0 Å². The second-order valence-corrected chi connectivity index (χ2v) is 10.6. The number of benzene rings is 2. The molecule has 0 spiro atoms. The van der Waals surface area contributed by atoms with Gasteiger partial charge in [0.1, 0.15) is 6.04 Å². The molecular weight excluding hydrogens is 450 g/mol. The van der Waals surface area contributed by atoms with E-state index >= 15 is 0 Å². The Hall–Kier alpha value is -2.87. The van der Waals surface area contributed by atoms with E-state index in [1.165, 1.54) is 10.6 Å². The van der Waals surface area contributed by atoms with E-state index in [0.717, 1.165) is 17.5 Å². The number of nitrogens with zero attached hydrogens (tertiary/aromatic N) is 2. The number of carbonyl (C=O) groups excluding carboxylic acids is 2. The summed E-state index contributed by atoms with van der Waals surface area (Å²) in [7, 11) is -3.51. The Labute approximate surface area is 204 Å². The number of para-hydroxylation sites is 1. The largest absolute Gasteiger partial charge is 0.352 e. The van der Waals surface area contributed by atoms with Crippen molar-refractivity contribution in [3.63, 3.8) is 0 Å². The number of hydrogen-bond acceptors (Lipinski definition) is 4. The summed E-state index contributed by atoms with van der Waals surface area (Å²) in [5.41, 5.74) is 2.39. The van der Waals surface area contributed by atoms with Gasteiger partial charge in [-0.2, -0.15) is 0 Å². The summed E-state index contributed by atoms with van der Waals surface area (Å²) < 4.78 is 26.2. The van der Waals surface area contributed by atoms with Crippen molar-refractivity contribution >= 4 is 27.5 Å². The molecule has 7 nitrogen and oxygen atoms in total. The molecule has 2 unspecified atom stereocenters. The number of anilines is 1. The maximum Gasteiger partial charge on any atom is 0.242 e. The van der Waals surface area contributed by atoms with E-state index in [2.05, 4.69) is 5.32 Å². The third kappa shape index (κ3) is 7.87. The molecule has 0 aliphatic rings. The van der Waals surface area contributed by atoms with Crippen molar-refractivity contribution in [3.8, 4) is 0 Å². The molecule has 2 aromatic carbocycles. The maximum atomic E-state index is 13.3. The van der Waals surface area contributed by atoms with Crippen molar-refractivity contribution in [1.82, 2.24) is 10.2 Å². The second kappa shape index (κ2) is 12.6. The predicted molar refractivity (Wildman–Crippen MR) is 137 cm³/mol. The van der Waals surface area contributed by atoms with Gasteiger partial charge in [-0.15, -0.1) is 0 Å². The fourth-order valence-electron chi connectivity index (χ4n) is 3.65. The molecule has 0 aliphatic heterocycles. The van der Waals surface area contributed by atoms with Gasteiger partial charge >= 0.3 is 0 Å². The van der Waals surface area contributed by atoms with Gasteiger partial charge in [-0.1, -0.05) is 55.5 Å². The highest BCUT2D eigenvalue weighted by Crippen LogP contribution is 2.23. The number of rotatable bonds is 12. The van der Waals surface area contributed by atoms with Gasteiger partial charge in [-0.3, -0.25) is 13.9 Å². The van der Waals surface area contributed by atoms with Crippen molar-refractivity contribution in [2.24, 2.45) is 0 Å². The van der Waals surface area contributed by atoms with Crippen molar-refractivity contribution in [3.05, 3.63) is 65.7 Å². The van der Waals surface area contributed by atoms with E-state index in [1.807, 2.05) is 63.2 Å². The fourth-order valence-corrected chi connectivity index (χ4v) is 4.68. The monoisotopic (exact) mass is 487 g/mol. The molecule has 0 bridgehead atoms. The Bertz CT molecular complexity index is 1060. The van der Waals surface area contributed by atoms with E-state index in [0.29, 0.717) is 18.7 Å². The van der Waals surface area contributed by atoms with Gasteiger partial charge in [0.25, 0.3) is 0 Å². The first-order chi connectivity index (χ1) is 16.0. The third-order valence-electron chi connectivity index (χ3n) is 5.90. The fraction of sp³-hybridized carbons (Fsp3) is 0.462. The Morgan fingerprint density at radius 3 is 2.21 bits per heavy atom. The van der Waals surface area contributed by atoms with Gasteiger partial charge in [0.05, 0.1) is 11.9 Å². The zero-order valence-electron chi connectivity index (χ0n) is 20.8. The van der Waals surface area contributed by atoms with Crippen LogP contribution >= 0.6 is 0 Å². The van der Waals surface area contributed by atoms with E-state index in [1.54, 1.807) is 24.0 Å². The molecule has 8 heteroatoms. The number of nitrogens with one attached hydrogen (secondary N) is 1. The standard InChI is InChI=1S/C26H37N3O4S/c1-6-21(3)27-26(31)22(4)28(19-23-14-8-7-9-15-23)25(30)17-12-18-29(34(5,32)33)24-16-11-10-13-20(24)2/h7-11,13-16,21-22H,6,12,17-19H2,1-5H3,(H,27,31). The molecule has 2 amide bonds. The van der Waals surface area contributed by atoms with Crippen molar-refractivity contribution < 1.29 is 18.0 Å². The van der Waals surface area contributed by atoms with Crippen molar-refractivity contribution in [2.75, 3.05) is 17.1 Å². The summed E-state index contributed by atoms with van der Waals surface area (Å²) in [6, 6.07) is 16.2. The van der Waals surface area contributed by atoms with E-state index in [-0.39, 0.29) is 30.8 Å². The summed E-state index contributed by atoms with van der Waals surface area (Å²) in [6.07, 6.45) is 2.44. The summed E-state index contributed by atoms with van der Waals surface area (Å²) in [4.78, 5) is 27.6. The van der Waals surface area contributed by atoms with Gasteiger partial charge in [-0.05, 0) is 50.8 Å². The highest BCUT2D eigenvalue weighted by molar-refractivity contribution is 7.92. The minimum atomic E-state index is -3.51. The van der Waals surface area contributed by atoms with Crippen LogP contribution in [0.3, 0.4) is 0 Å². The summed E-state index contributed by atoms with van der Waals surface area (Å²) >= 11 is 0. The number of amides is 2. The van der Waals surface area contributed by atoms with Crippen LogP contribution in [0, 0.1) is 6.92 Å². The molecule has 0 aromatic heterocycles. The molecule has 1 N–H and O–H groups in total. The lowest BCUT2D eigenvalue weighted by Gasteiger charge is -2.30. The SMILES string of the molecule is CCC(C)NC(=O)C(C)N(Cc1ccccc1)C(=O)CCCN(c1ccccc1C)S(C)(=O)=O. The number of sulfonamides is 1. The Balaban J connectivity index is 2.15. The average Bonchev–Trinajstić information content (AvgIpc) is 2.80. The molecule has 0 fully saturated rings. The Morgan fingerprint density at radius 1 is 1.00 bits per heavy atom. The van der Waals surface area contributed by atoms with Crippen LogP contribution in [0.15, 0.2) is 54.6 Å². The highest BCUT2D eigenvalue weighted by atomic mass is 32.2. The summed E-state index contributed by atoms with van der Waals surface area (Å²) in [6.45, 7) is 8.00. The van der Waals surface area contributed by atoms with Gasteiger partial charge in [0, 0.05) is 25.6 Å². The van der Waals surface area contributed by atoms with Crippen molar-refractivity contribution in [1.29, 1.82) is 0 Å². The Kier molecular flexibility index (Phi) is 10.1. The van der Waals surface area contributed by atoms with Crippen LogP contribution in [0.5, 0.6) is 0 Å². The molecular formula is C26H37N3O4S. The molecule has 34 heavy (non-hydrogen) atoms. The first-order valence-electron chi connectivity index (χ1n) is 11.7. The van der Waals surface area contributed by atoms with Crippen LogP contribution in [0.2, 0.25) is 0 Å². The lowest BCUT2D eigenvalue weighted by molar-refractivity contribution is -0.140. The number of hydrogen-bond donors (Lipinski definition) is 1. The first-order valence-corrected chi connectivity index (χ1v) is 13.6. The lowest BCUT2D eigenvalue weighted by atomic mass is 10.1. The second-order valence-electron chi connectivity index (χ2n) is 8.73. The molecule has 2 atom stereocenters. The molecule has 186 valence electrons. The van der Waals surface area contributed by atoms with Crippen LogP contribution in [0.4, 0.5) is 5.69 Å². The average molecular weight is 488 g/mol. The van der Waals surface area contributed by atoms with Gasteiger partial charge in [0.2, 0.25) is 21.8 Å². The Morgan fingerprint density at radius 2 is 1.62 bits per heavy atom. The van der Waals surface area contributed by atoms with Crippen molar-refractivity contribution in [2.45, 2.75) is 65.6 Å².